The Morgan fingerprint density at radius 3 is 2.39 bits per heavy atom. The lowest BCUT2D eigenvalue weighted by Crippen LogP contribution is -2.29. The van der Waals surface area contributed by atoms with Gasteiger partial charge in [0.15, 0.2) is 0 Å². The Morgan fingerprint density at radius 1 is 1.00 bits per heavy atom. The summed E-state index contributed by atoms with van der Waals surface area (Å²) in [4.78, 5) is 19.4. The van der Waals surface area contributed by atoms with Crippen LogP contribution in [0.2, 0.25) is 0 Å². The highest BCUT2D eigenvalue weighted by Gasteiger charge is 2.42. The van der Waals surface area contributed by atoms with Gasteiger partial charge in [0.05, 0.1) is 18.8 Å². The predicted molar refractivity (Wildman–Crippen MR) is 118 cm³/mol. The number of hydrogen-bond donors (Lipinski definition) is 1. The number of rotatable bonds is 5. The fraction of sp³-hybridized carbons (Fsp3) is 0.160. The molecule has 1 atom stereocenters. The van der Waals surface area contributed by atoms with Crippen molar-refractivity contribution in [1.29, 1.82) is 0 Å². The molecule has 0 fully saturated rings. The number of aryl methyl sites for hydroxylation is 1. The molecule has 6 heteroatoms. The Labute approximate surface area is 180 Å². The predicted octanol–water partition coefficient (Wildman–Crippen LogP) is 4.53. The summed E-state index contributed by atoms with van der Waals surface area (Å²) >= 11 is 0. The summed E-state index contributed by atoms with van der Waals surface area (Å²) in [5.74, 6) is 0.728. The lowest BCUT2D eigenvalue weighted by molar-refractivity contribution is 0.0730. The van der Waals surface area contributed by atoms with Crippen molar-refractivity contribution in [3.05, 3.63) is 101 Å². The van der Waals surface area contributed by atoms with E-state index >= 15 is 0 Å². The molecule has 6 nitrogen and oxygen atoms in total. The topological polar surface area (TPSA) is 71.1 Å². The van der Waals surface area contributed by atoms with E-state index in [0.717, 1.165) is 33.7 Å². The van der Waals surface area contributed by atoms with Gasteiger partial charge in [-0.25, -0.2) is 0 Å². The molecule has 2 aromatic carbocycles. The first-order valence-corrected chi connectivity index (χ1v) is 10.1. The maximum Gasteiger partial charge on any atom is 0.273 e. The number of ether oxygens (including phenoxy) is 1. The van der Waals surface area contributed by atoms with E-state index in [-0.39, 0.29) is 11.9 Å². The summed E-state index contributed by atoms with van der Waals surface area (Å²) in [7, 11) is 1.64. The molecule has 1 amide bonds. The van der Waals surface area contributed by atoms with Crippen molar-refractivity contribution >= 4 is 5.91 Å². The average Bonchev–Trinajstić information content (AvgIpc) is 3.35. The number of aromatic amines is 1. The molecular formula is C25H22N4O2. The van der Waals surface area contributed by atoms with Crippen LogP contribution in [0.5, 0.6) is 5.75 Å². The third-order valence-electron chi connectivity index (χ3n) is 5.72. The van der Waals surface area contributed by atoms with Crippen molar-refractivity contribution in [2.24, 2.45) is 0 Å². The van der Waals surface area contributed by atoms with Crippen molar-refractivity contribution in [2.75, 3.05) is 7.11 Å². The number of methoxy groups -OCH3 is 1. The molecular weight excluding hydrogens is 388 g/mol. The molecule has 0 saturated carbocycles. The molecule has 2 aromatic heterocycles. The Balaban J connectivity index is 1.63. The number of fused-ring (bicyclic) bond motifs is 1. The minimum Gasteiger partial charge on any atom is -0.497 e. The molecule has 1 N–H and O–H groups in total. The van der Waals surface area contributed by atoms with Crippen molar-refractivity contribution in [1.82, 2.24) is 20.1 Å². The largest absolute Gasteiger partial charge is 0.497 e. The number of pyridine rings is 1. The number of carbonyl (C=O) groups excluding carboxylic acids is 1. The Bertz CT molecular complexity index is 1210. The molecule has 0 radical (unpaired) electrons. The number of H-pyrrole nitrogens is 1. The van der Waals surface area contributed by atoms with E-state index in [4.69, 9.17) is 4.74 Å². The molecule has 3 heterocycles. The highest BCUT2D eigenvalue weighted by molar-refractivity contribution is 6.00. The van der Waals surface area contributed by atoms with E-state index in [1.807, 2.05) is 41.3 Å². The SMILES string of the molecule is COc1ccc(-c2n[nH]c3c2C(c2ccc(C)cc2)N(Cc2ccncc2)C3=O)cc1. The van der Waals surface area contributed by atoms with Gasteiger partial charge in [-0.05, 0) is 54.4 Å². The van der Waals surface area contributed by atoms with E-state index in [1.165, 1.54) is 5.56 Å². The monoisotopic (exact) mass is 410 g/mol. The fourth-order valence-electron chi connectivity index (χ4n) is 4.11. The van der Waals surface area contributed by atoms with E-state index in [1.54, 1.807) is 19.5 Å². The first kappa shape index (κ1) is 19.1. The van der Waals surface area contributed by atoms with Crippen molar-refractivity contribution in [2.45, 2.75) is 19.5 Å². The normalized spacial score (nSPS) is 15.2. The minimum absolute atomic E-state index is 0.0513. The quantitative estimate of drug-likeness (QED) is 0.525. The number of nitrogens with one attached hydrogen (secondary N) is 1. The van der Waals surface area contributed by atoms with Gasteiger partial charge >= 0.3 is 0 Å². The minimum atomic E-state index is -0.230. The Morgan fingerprint density at radius 2 is 1.71 bits per heavy atom. The van der Waals surface area contributed by atoms with Gasteiger partial charge in [0.2, 0.25) is 0 Å². The van der Waals surface area contributed by atoms with Crippen molar-refractivity contribution < 1.29 is 9.53 Å². The molecule has 5 rings (SSSR count). The second-order valence-electron chi connectivity index (χ2n) is 7.69. The van der Waals surface area contributed by atoms with Crippen LogP contribution in [0.1, 0.15) is 38.8 Å². The molecule has 31 heavy (non-hydrogen) atoms. The third kappa shape index (κ3) is 3.36. The Kier molecular flexibility index (Phi) is 4.75. The van der Waals surface area contributed by atoms with E-state index in [0.29, 0.717) is 12.2 Å². The van der Waals surface area contributed by atoms with E-state index in [9.17, 15) is 4.79 Å². The first-order chi connectivity index (χ1) is 15.2. The molecule has 1 aliphatic rings. The summed E-state index contributed by atoms with van der Waals surface area (Å²) in [6.07, 6.45) is 3.50. The maximum atomic E-state index is 13.4. The number of aromatic nitrogens is 3. The molecule has 154 valence electrons. The molecule has 1 aliphatic heterocycles. The van der Waals surface area contributed by atoms with Crippen LogP contribution >= 0.6 is 0 Å². The van der Waals surface area contributed by atoms with Crippen LogP contribution in [0.4, 0.5) is 0 Å². The zero-order chi connectivity index (χ0) is 21.4. The number of benzene rings is 2. The van der Waals surface area contributed by atoms with Gasteiger partial charge in [-0.15, -0.1) is 0 Å². The summed E-state index contributed by atoms with van der Waals surface area (Å²) in [5, 5.41) is 7.53. The third-order valence-corrected chi connectivity index (χ3v) is 5.72. The van der Waals surface area contributed by atoms with Gasteiger partial charge in [-0.2, -0.15) is 5.10 Å². The van der Waals surface area contributed by atoms with Crippen LogP contribution < -0.4 is 4.74 Å². The Hall–Kier alpha value is -3.93. The van der Waals surface area contributed by atoms with E-state index in [2.05, 4.69) is 46.4 Å². The highest BCUT2D eigenvalue weighted by Crippen LogP contribution is 2.43. The second-order valence-corrected chi connectivity index (χ2v) is 7.69. The van der Waals surface area contributed by atoms with Crippen LogP contribution in [0, 0.1) is 6.92 Å². The van der Waals surface area contributed by atoms with Crippen molar-refractivity contribution in [3.63, 3.8) is 0 Å². The molecule has 0 spiro atoms. The van der Waals surface area contributed by atoms with Gasteiger partial charge in [-0.3, -0.25) is 14.9 Å². The van der Waals surface area contributed by atoms with E-state index < -0.39 is 0 Å². The van der Waals surface area contributed by atoms with Crippen LogP contribution in [-0.4, -0.2) is 33.1 Å². The fourth-order valence-corrected chi connectivity index (χ4v) is 4.11. The smallest absolute Gasteiger partial charge is 0.273 e. The number of carbonyl (C=O) groups is 1. The molecule has 0 aliphatic carbocycles. The van der Waals surface area contributed by atoms with Crippen LogP contribution in [0.3, 0.4) is 0 Å². The number of nitrogens with zero attached hydrogens (tertiary/aromatic N) is 3. The molecule has 0 bridgehead atoms. The number of hydrogen-bond acceptors (Lipinski definition) is 4. The zero-order valence-electron chi connectivity index (χ0n) is 17.4. The van der Waals surface area contributed by atoms with Crippen LogP contribution in [-0.2, 0) is 6.54 Å². The molecule has 1 unspecified atom stereocenters. The second kappa shape index (κ2) is 7.72. The summed E-state index contributed by atoms with van der Waals surface area (Å²) < 4.78 is 5.29. The van der Waals surface area contributed by atoms with Gasteiger partial charge in [0.1, 0.15) is 11.4 Å². The van der Waals surface area contributed by atoms with Gasteiger partial charge in [-0.1, -0.05) is 29.8 Å². The molecule has 0 saturated heterocycles. The standard InChI is InChI=1S/C25H22N4O2/c1-16-3-5-19(6-4-16)24-21-22(18-7-9-20(31-2)10-8-18)27-28-23(21)25(30)29(24)15-17-11-13-26-14-12-17/h3-14,24H,15H2,1-2H3,(H,27,28). The zero-order valence-corrected chi connectivity index (χ0v) is 17.4. The summed E-state index contributed by atoms with van der Waals surface area (Å²) in [6, 6.07) is 19.7. The highest BCUT2D eigenvalue weighted by atomic mass is 16.5. The summed E-state index contributed by atoms with van der Waals surface area (Å²) in [6.45, 7) is 2.55. The summed E-state index contributed by atoms with van der Waals surface area (Å²) in [5.41, 5.74) is 6.45. The van der Waals surface area contributed by atoms with Crippen molar-refractivity contribution in [3.8, 4) is 17.0 Å². The van der Waals surface area contributed by atoms with Crippen LogP contribution in [0.25, 0.3) is 11.3 Å². The number of amides is 1. The van der Waals surface area contributed by atoms with Crippen LogP contribution in [0.15, 0.2) is 73.1 Å². The lowest BCUT2D eigenvalue weighted by atomic mass is 9.95. The maximum absolute atomic E-state index is 13.4. The molecule has 4 aromatic rings. The van der Waals surface area contributed by atoms with Gasteiger partial charge < -0.3 is 9.64 Å². The first-order valence-electron chi connectivity index (χ1n) is 10.1. The average molecular weight is 410 g/mol. The van der Waals surface area contributed by atoms with Gasteiger partial charge in [0.25, 0.3) is 5.91 Å². The lowest BCUT2D eigenvalue weighted by Gasteiger charge is -2.26. The van der Waals surface area contributed by atoms with Gasteiger partial charge in [0, 0.05) is 30.1 Å².